The van der Waals surface area contributed by atoms with Crippen LogP contribution in [0.2, 0.25) is 0 Å². The molecule has 0 spiro atoms. The van der Waals surface area contributed by atoms with E-state index in [1.165, 1.54) is 0 Å². The topological polar surface area (TPSA) is 57.9 Å². The highest BCUT2D eigenvalue weighted by atomic mass is 79.9. The molecule has 0 aliphatic heterocycles. The minimum absolute atomic E-state index is 0.140. The van der Waals surface area contributed by atoms with Crippen molar-refractivity contribution in [1.29, 1.82) is 0 Å². The van der Waals surface area contributed by atoms with Gasteiger partial charge in [0.1, 0.15) is 12.2 Å². The number of benzene rings is 3. The van der Waals surface area contributed by atoms with Crippen molar-refractivity contribution in [1.82, 2.24) is 0 Å². The highest BCUT2D eigenvalue weighted by Crippen LogP contribution is 2.41. The van der Waals surface area contributed by atoms with Gasteiger partial charge >= 0.3 is 0 Å². The summed E-state index contributed by atoms with van der Waals surface area (Å²) in [5.74, 6) is 1.51. The van der Waals surface area contributed by atoms with Gasteiger partial charge < -0.3 is 18.6 Å². The number of methoxy groups -OCH3 is 2. The van der Waals surface area contributed by atoms with E-state index in [0.717, 1.165) is 10.0 Å². The maximum atomic E-state index is 13.3. The summed E-state index contributed by atoms with van der Waals surface area (Å²) in [5, 5.41) is 0.455. The van der Waals surface area contributed by atoms with Gasteiger partial charge in [-0.05, 0) is 57.9 Å². The SMILES string of the molecule is COc1cc(-c2oc3ccccc3c(=O)c2OCc2ccc(Br)cc2)cc(Br)c1OC. The molecule has 4 aromatic rings. The van der Waals surface area contributed by atoms with Crippen molar-refractivity contribution in [2.75, 3.05) is 14.2 Å². The molecule has 1 aromatic heterocycles. The zero-order chi connectivity index (χ0) is 22.0. The van der Waals surface area contributed by atoms with Gasteiger partial charge in [0, 0.05) is 10.0 Å². The molecular formula is C24H18Br2O5. The lowest BCUT2D eigenvalue weighted by atomic mass is 10.1. The van der Waals surface area contributed by atoms with E-state index in [0.29, 0.717) is 38.3 Å². The second kappa shape index (κ2) is 9.16. The van der Waals surface area contributed by atoms with Crippen LogP contribution >= 0.6 is 31.9 Å². The zero-order valence-electron chi connectivity index (χ0n) is 16.8. The van der Waals surface area contributed by atoms with Crippen molar-refractivity contribution in [2.24, 2.45) is 0 Å². The van der Waals surface area contributed by atoms with Crippen molar-refractivity contribution in [3.05, 3.63) is 85.4 Å². The Morgan fingerprint density at radius 1 is 0.903 bits per heavy atom. The Balaban J connectivity index is 1.87. The molecule has 0 N–H and O–H groups in total. The Morgan fingerprint density at radius 2 is 1.65 bits per heavy atom. The van der Waals surface area contributed by atoms with E-state index in [2.05, 4.69) is 31.9 Å². The first-order valence-electron chi connectivity index (χ1n) is 9.36. The predicted octanol–water partition coefficient (Wildman–Crippen LogP) is 6.58. The lowest BCUT2D eigenvalue weighted by Crippen LogP contribution is -2.10. The Bertz CT molecular complexity index is 1300. The number of hydrogen-bond donors (Lipinski definition) is 0. The molecule has 31 heavy (non-hydrogen) atoms. The zero-order valence-corrected chi connectivity index (χ0v) is 19.9. The van der Waals surface area contributed by atoms with Gasteiger partial charge in [-0.2, -0.15) is 0 Å². The third-order valence-corrected chi connectivity index (χ3v) is 5.87. The summed E-state index contributed by atoms with van der Waals surface area (Å²) in [6, 6.07) is 18.4. The van der Waals surface area contributed by atoms with Crippen molar-refractivity contribution in [2.45, 2.75) is 6.61 Å². The third-order valence-electron chi connectivity index (χ3n) is 4.75. The molecule has 158 valence electrons. The number of para-hydroxylation sites is 1. The molecular weight excluding hydrogens is 528 g/mol. The van der Waals surface area contributed by atoms with Gasteiger partial charge in [-0.15, -0.1) is 0 Å². The molecule has 0 radical (unpaired) electrons. The predicted molar refractivity (Wildman–Crippen MR) is 127 cm³/mol. The number of hydrogen-bond acceptors (Lipinski definition) is 5. The lowest BCUT2D eigenvalue weighted by molar-refractivity contribution is 0.297. The maximum Gasteiger partial charge on any atom is 0.235 e. The molecule has 0 saturated carbocycles. The summed E-state index contributed by atoms with van der Waals surface area (Å²) < 4.78 is 24.7. The third kappa shape index (κ3) is 4.34. The number of fused-ring (bicyclic) bond motifs is 1. The van der Waals surface area contributed by atoms with Crippen LogP contribution in [0, 0.1) is 0 Å². The standard InChI is InChI=1S/C24H18Br2O5/c1-28-20-12-15(11-18(26)23(20)29-2)22-24(30-13-14-7-9-16(25)10-8-14)21(27)17-5-3-4-6-19(17)31-22/h3-12H,13H2,1-2H3. The minimum atomic E-state index is -0.236. The van der Waals surface area contributed by atoms with E-state index in [-0.39, 0.29) is 17.8 Å². The summed E-state index contributed by atoms with van der Waals surface area (Å²) in [6.45, 7) is 0.220. The monoisotopic (exact) mass is 544 g/mol. The molecule has 0 unspecified atom stereocenters. The Hall–Kier alpha value is -2.77. The molecule has 0 aliphatic carbocycles. The smallest absolute Gasteiger partial charge is 0.235 e. The fraction of sp³-hybridized carbons (Fsp3) is 0.125. The van der Waals surface area contributed by atoms with Crippen LogP contribution in [0.25, 0.3) is 22.3 Å². The molecule has 0 amide bonds. The molecule has 5 nitrogen and oxygen atoms in total. The first-order valence-corrected chi connectivity index (χ1v) is 11.0. The molecule has 0 bridgehead atoms. The highest BCUT2D eigenvalue weighted by Gasteiger charge is 2.21. The van der Waals surface area contributed by atoms with Crippen LogP contribution in [0.15, 0.2) is 78.8 Å². The molecule has 0 atom stereocenters. The quantitative estimate of drug-likeness (QED) is 0.274. The van der Waals surface area contributed by atoms with E-state index < -0.39 is 0 Å². The normalized spacial score (nSPS) is 10.8. The summed E-state index contributed by atoms with van der Waals surface area (Å²) in [5.41, 5.74) is 1.79. The van der Waals surface area contributed by atoms with Gasteiger partial charge in [-0.1, -0.05) is 40.2 Å². The molecule has 0 fully saturated rings. The maximum absolute atomic E-state index is 13.3. The Kier molecular flexibility index (Phi) is 6.34. The van der Waals surface area contributed by atoms with Gasteiger partial charge in [-0.25, -0.2) is 0 Å². The number of ether oxygens (including phenoxy) is 3. The minimum Gasteiger partial charge on any atom is -0.493 e. The van der Waals surface area contributed by atoms with E-state index in [4.69, 9.17) is 18.6 Å². The number of rotatable bonds is 6. The first-order chi connectivity index (χ1) is 15.0. The fourth-order valence-corrected chi connectivity index (χ4v) is 4.10. The van der Waals surface area contributed by atoms with Crippen molar-refractivity contribution >= 4 is 42.8 Å². The largest absolute Gasteiger partial charge is 0.493 e. The van der Waals surface area contributed by atoms with Crippen LogP contribution in [-0.2, 0) is 6.61 Å². The average molecular weight is 546 g/mol. The number of halogens is 2. The van der Waals surface area contributed by atoms with Crippen LogP contribution in [0.4, 0.5) is 0 Å². The Labute approximate surface area is 195 Å². The van der Waals surface area contributed by atoms with E-state index in [1.54, 1.807) is 44.6 Å². The molecule has 4 rings (SSSR count). The van der Waals surface area contributed by atoms with Gasteiger partial charge in [-0.3, -0.25) is 4.79 Å². The van der Waals surface area contributed by atoms with Crippen molar-refractivity contribution in [3.63, 3.8) is 0 Å². The second-order valence-corrected chi connectivity index (χ2v) is 8.46. The van der Waals surface area contributed by atoms with Crippen molar-refractivity contribution in [3.8, 4) is 28.6 Å². The molecule has 0 saturated heterocycles. The van der Waals surface area contributed by atoms with Gasteiger partial charge in [0.05, 0.1) is 24.1 Å². The van der Waals surface area contributed by atoms with Gasteiger partial charge in [0.25, 0.3) is 0 Å². The first kappa shape index (κ1) is 21.5. The molecule has 1 heterocycles. The molecule has 7 heteroatoms. The van der Waals surface area contributed by atoms with Crippen LogP contribution in [-0.4, -0.2) is 14.2 Å². The average Bonchev–Trinajstić information content (AvgIpc) is 2.79. The van der Waals surface area contributed by atoms with Crippen LogP contribution in [0.3, 0.4) is 0 Å². The van der Waals surface area contributed by atoms with Crippen LogP contribution in [0.1, 0.15) is 5.56 Å². The van der Waals surface area contributed by atoms with E-state index in [1.807, 2.05) is 30.3 Å². The summed E-state index contributed by atoms with van der Waals surface area (Å²) >= 11 is 6.92. The highest BCUT2D eigenvalue weighted by molar-refractivity contribution is 9.10. The fourth-order valence-electron chi connectivity index (χ4n) is 3.23. The van der Waals surface area contributed by atoms with Gasteiger partial charge in [0.2, 0.25) is 11.2 Å². The second-order valence-electron chi connectivity index (χ2n) is 6.69. The van der Waals surface area contributed by atoms with Crippen LogP contribution in [0.5, 0.6) is 17.2 Å². The Morgan fingerprint density at radius 3 is 2.35 bits per heavy atom. The summed E-state index contributed by atoms with van der Waals surface area (Å²) in [7, 11) is 3.11. The summed E-state index contributed by atoms with van der Waals surface area (Å²) in [6.07, 6.45) is 0. The lowest BCUT2D eigenvalue weighted by Gasteiger charge is -2.15. The molecule has 3 aromatic carbocycles. The van der Waals surface area contributed by atoms with E-state index in [9.17, 15) is 4.79 Å². The van der Waals surface area contributed by atoms with Crippen LogP contribution < -0.4 is 19.6 Å². The van der Waals surface area contributed by atoms with Gasteiger partial charge in [0.15, 0.2) is 17.3 Å². The molecule has 0 aliphatic rings. The summed E-state index contributed by atoms with van der Waals surface area (Å²) in [4.78, 5) is 13.3. The van der Waals surface area contributed by atoms with E-state index >= 15 is 0 Å². The van der Waals surface area contributed by atoms with Crippen molar-refractivity contribution < 1.29 is 18.6 Å².